The molecule has 5 heterocycles. The predicted molar refractivity (Wildman–Crippen MR) is 176 cm³/mol. The van der Waals surface area contributed by atoms with E-state index in [-0.39, 0.29) is 61.3 Å². The summed E-state index contributed by atoms with van der Waals surface area (Å²) in [5.41, 5.74) is 0.900. The van der Waals surface area contributed by atoms with Gasteiger partial charge in [-0.1, -0.05) is 33.1 Å². The van der Waals surface area contributed by atoms with E-state index in [0.717, 1.165) is 18.6 Å². The quantitative estimate of drug-likeness (QED) is 0.117. The van der Waals surface area contributed by atoms with E-state index in [2.05, 4.69) is 51.8 Å². The number of pyridine rings is 2. The minimum Gasteiger partial charge on any atom is -0.475 e. The van der Waals surface area contributed by atoms with Gasteiger partial charge < -0.3 is 24.9 Å². The van der Waals surface area contributed by atoms with Crippen LogP contribution in [0.5, 0.6) is 0 Å². The number of carboxylic acid groups (broad SMARTS) is 1. The van der Waals surface area contributed by atoms with E-state index in [9.17, 15) is 32.8 Å². The molecule has 3 N–H and O–H groups in total. The molecule has 0 aliphatic carbocycles. The minimum absolute atomic E-state index is 0. The van der Waals surface area contributed by atoms with Crippen molar-refractivity contribution in [3.05, 3.63) is 92.7 Å². The van der Waals surface area contributed by atoms with E-state index in [0.29, 0.717) is 33.4 Å². The first kappa shape index (κ1) is 36.6. The molecular weight excluding hydrogens is 750 g/mol. The van der Waals surface area contributed by atoms with Crippen molar-refractivity contribution in [2.45, 2.75) is 14.9 Å². The van der Waals surface area contributed by atoms with Gasteiger partial charge >= 0.3 is 5.97 Å². The molecule has 16 heteroatoms. The fourth-order valence-electron chi connectivity index (χ4n) is 4.76. The fourth-order valence-corrected chi connectivity index (χ4v) is 5.59. The Morgan fingerprint density at radius 1 is 0.723 bits per heavy atom. The number of aromatic nitrogens is 4. The van der Waals surface area contributed by atoms with Crippen molar-refractivity contribution in [2.24, 2.45) is 0 Å². The molecule has 47 heavy (non-hydrogen) atoms. The number of aliphatic carboxylic acids is 1. The lowest BCUT2D eigenvalue weighted by molar-refractivity contribution is -0.131. The highest BCUT2D eigenvalue weighted by Gasteiger charge is 2.31. The number of hydrogen-bond donors (Lipinski definition) is 3. The monoisotopic (exact) mass is 776 g/mol. The van der Waals surface area contributed by atoms with E-state index in [4.69, 9.17) is 5.11 Å². The van der Waals surface area contributed by atoms with Gasteiger partial charge in [-0.15, -0.1) is 0 Å². The summed E-state index contributed by atoms with van der Waals surface area (Å²) < 4.78 is 28.3. The maximum atomic E-state index is 14.2. The number of ketones is 2. The summed E-state index contributed by atoms with van der Waals surface area (Å²) >= 11 is 6.26. The highest BCUT2D eigenvalue weighted by atomic mass is 79.9. The normalized spacial score (nSPS) is 12.4. The van der Waals surface area contributed by atoms with Crippen molar-refractivity contribution < 1.29 is 37.9 Å². The second kappa shape index (κ2) is 15.2. The average Bonchev–Trinajstić information content (AvgIpc) is 3.71. The smallest absolute Gasteiger partial charge is 0.377 e. The molecule has 6 rings (SSSR count). The van der Waals surface area contributed by atoms with Crippen molar-refractivity contribution in [1.29, 1.82) is 0 Å². The van der Waals surface area contributed by atoms with Gasteiger partial charge in [-0.2, -0.15) is 0 Å². The Bertz CT molecular complexity index is 1990. The molecule has 1 aromatic carbocycles. The number of carbonyl (C=O) groups is 5. The van der Waals surface area contributed by atoms with Crippen LogP contribution in [-0.2, 0) is 9.59 Å². The van der Waals surface area contributed by atoms with E-state index in [1.54, 1.807) is 29.2 Å². The van der Waals surface area contributed by atoms with Gasteiger partial charge in [0, 0.05) is 44.1 Å². The molecular formula is C31H28Br2F2N6O6. The molecule has 0 spiro atoms. The van der Waals surface area contributed by atoms with Crippen LogP contribution in [0.25, 0.3) is 21.8 Å². The maximum Gasteiger partial charge on any atom is 0.377 e. The lowest BCUT2D eigenvalue weighted by Crippen LogP contribution is -2.52. The molecule has 1 saturated heterocycles. The highest BCUT2D eigenvalue weighted by molar-refractivity contribution is 9.10. The Labute approximate surface area is 283 Å². The topological polar surface area (TPSA) is 169 Å². The Balaban J connectivity index is 0.000000285. The second-order valence-corrected chi connectivity index (χ2v) is 11.1. The third-order valence-corrected chi connectivity index (χ3v) is 8.19. The van der Waals surface area contributed by atoms with Crippen LogP contribution in [0, 0.1) is 11.6 Å². The molecule has 0 bridgehead atoms. The molecule has 1 aliphatic heterocycles. The van der Waals surface area contributed by atoms with Gasteiger partial charge in [0.2, 0.25) is 0 Å². The van der Waals surface area contributed by atoms with E-state index in [1.807, 2.05) is 6.07 Å². The Morgan fingerprint density at radius 3 is 1.64 bits per heavy atom. The van der Waals surface area contributed by atoms with Gasteiger partial charge in [0.1, 0.15) is 9.21 Å². The predicted octanol–water partition coefficient (Wildman–Crippen LogP) is 5.64. The lowest BCUT2D eigenvalue weighted by atomic mass is 10.1. The van der Waals surface area contributed by atoms with Crippen LogP contribution in [-0.4, -0.2) is 90.4 Å². The van der Waals surface area contributed by atoms with Crippen molar-refractivity contribution in [1.82, 2.24) is 29.7 Å². The first-order valence-electron chi connectivity index (χ1n) is 13.1. The third-order valence-electron chi connectivity index (χ3n) is 6.99. The van der Waals surface area contributed by atoms with Crippen molar-refractivity contribution in [2.75, 3.05) is 26.2 Å². The Hall–Kier alpha value is -4.83. The van der Waals surface area contributed by atoms with Gasteiger partial charge in [-0.3, -0.25) is 19.2 Å². The van der Waals surface area contributed by atoms with Gasteiger partial charge in [-0.05, 0) is 44.0 Å². The number of H-pyrrole nitrogens is 2. The lowest BCUT2D eigenvalue weighted by Gasteiger charge is -2.34. The number of amides is 2. The molecule has 0 atom stereocenters. The van der Waals surface area contributed by atoms with E-state index < -0.39 is 35.1 Å². The van der Waals surface area contributed by atoms with Crippen molar-refractivity contribution in [3.8, 4) is 0 Å². The molecule has 2 amide bonds. The third kappa shape index (κ3) is 7.28. The van der Waals surface area contributed by atoms with Gasteiger partial charge in [0.05, 0.1) is 45.3 Å². The number of rotatable bonds is 5. The Morgan fingerprint density at radius 2 is 1.17 bits per heavy atom. The van der Waals surface area contributed by atoms with Crippen molar-refractivity contribution >= 4 is 83.0 Å². The number of carbonyl (C=O) groups excluding carboxylic acids is 4. The number of nitrogens with one attached hydrogen (secondary N) is 2. The van der Waals surface area contributed by atoms with Crippen LogP contribution < -0.4 is 0 Å². The summed E-state index contributed by atoms with van der Waals surface area (Å²) in [4.78, 5) is 75.6. The molecule has 4 aromatic heterocycles. The number of Topliss-reactive ketones (excluding diaryl/α,β-unsaturated/α-hetero) is 2. The first-order chi connectivity index (χ1) is 21.5. The zero-order valence-electron chi connectivity index (χ0n) is 22.8. The number of halogens is 4. The average molecular weight is 778 g/mol. The molecule has 0 saturated carbocycles. The number of hydrogen-bond acceptors (Lipinski definition) is 7. The Kier molecular flexibility index (Phi) is 11.8. The first-order valence-corrected chi connectivity index (χ1v) is 14.7. The van der Waals surface area contributed by atoms with E-state index >= 15 is 0 Å². The van der Waals surface area contributed by atoms with Gasteiger partial charge in [0.15, 0.2) is 11.6 Å². The number of piperazine rings is 1. The second-order valence-electron chi connectivity index (χ2n) is 9.61. The van der Waals surface area contributed by atoms with Gasteiger partial charge in [-0.25, -0.2) is 23.5 Å². The van der Waals surface area contributed by atoms with E-state index in [1.165, 1.54) is 11.1 Å². The SMILES string of the molecule is C.C.O=C(C(=O)N1CCN(C(=O)c2ccccc2)CC1)c1c[nH]c2c(Br)ncc(F)c12.O=C(O)C(=O)c1c[nH]c2c(Br)ncc(F)c12. The molecule has 5 aromatic rings. The van der Waals surface area contributed by atoms with Crippen LogP contribution in [0.2, 0.25) is 0 Å². The zero-order chi connectivity index (χ0) is 32.4. The summed E-state index contributed by atoms with van der Waals surface area (Å²) in [7, 11) is 0. The number of fused-ring (bicyclic) bond motifs is 2. The van der Waals surface area contributed by atoms with Crippen LogP contribution in [0.3, 0.4) is 0 Å². The van der Waals surface area contributed by atoms with Crippen LogP contribution in [0.15, 0.2) is 64.3 Å². The standard InChI is InChI=1S/C20H16BrFN4O3.C9H4BrFN2O3.2CH4/c21-18-16-15(14(22)11-24-18)13(10-23-16)17(27)20(29)26-8-6-25(7-9-26)19(28)12-4-2-1-3-5-12;10-8-6-5(4(11)2-13-8)3(1-12-6)7(14)9(15)16;;/h1-5,10-11,23H,6-9H2;1-2,12H,(H,15,16);2*1H4. The molecule has 1 aliphatic rings. The molecule has 1 fully saturated rings. The van der Waals surface area contributed by atoms with Crippen LogP contribution >= 0.6 is 31.9 Å². The molecule has 12 nitrogen and oxygen atoms in total. The summed E-state index contributed by atoms with van der Waals surface area (Å²) in [6.07, 6.45) is 4.38. The molecule has 0 unspecified atom stereocenters. The number of carboxylic acids is 1. The maximum absolute atomic E-state index is 14.2. The summed E-state index contributed by atoms with van der Waals surface area (Å²) in [6.45, 7) is 1.12. The minimum atomic E-state index is -1.63. The van der Waals surface area contributed by atoms with Crippen LogP contribution in [0.4, 0.5) is 8.78 Å². The van der Waals surface area contributed by atoms with Crippen molar-refractivity contribution in [3.63, 3.8) is 0 Å². The molecule has 246 valence electrons. The fraction of sp³-hybridized carbons (Fsp3) is 0.194. The number of nitrogens with zero attached hydrogens (tertiary/aromatic N) is 4. The van der Waals surface area contributed by atoms with Gasteiger partial charge in [0.25, 0.3) is 23.4 Å². The summed E-state index contributed by atoms with van der Waals surface area (Å²) in [5, 5.41) is 8.52. The highest BCUT2D eigenvalue weighted by Crippen LogP contribution is 2.28. The molecule has 0 radical (unpaired) electrons. The number of benzene rings is 1. The summed E-state index contributed by atoms with van der Waals surface area (Å²) in [6, 6.07) is 8.89. The van der Waals surface area contributed by atoms with Crippen LogP contribution in [0.1, 0.15) is 45.9 Å². The largest absolute Gasteiger partial charge is 0.475 e. The zero-order valence-corrected chi connectivity index (χ0v) is 26.0. The summed E-state index contributed by atoms with van der Waals surface area (Å²) in [5.74, 6) is -5.85. The number of aromatic amines is 2.